The lowest BCUT2D eigenvalue weighted by molar-refractivity contribution is 1.19. The quantitative estimate of drug-likeness (QED) is 0.451. The summed E-state index contributed by atoms with van der Waals surface area (Å²) >= 11 is 0. The predicted molar refractivity (Wildman–Crippen MR) is 78.8 cm³/mol. The Kier molecular flexibility index (Phi) is 6.45. The molecule has 0 rings (SSSR count). The normalized spacial score (nSPS) is 14.3. The van der Waals surface area contributed by atoms with Gasteiger partial charge >= 0.3 is 0 Å². The summed E-state index contributed by atoms with van der Waals surface area (Å²) in [5.74, 6) is 0. The fraction of sp³-hybridized carbons (Fsp3) is 0.692. The van der Waals surface area contributed by atoms with Crippen molar-refractivity contribution < 1.29 is 0 Å². The molecule has 0 heterocycles. The molecule has 88 valence electrons. The Morgan fingerprint density at radius 3 is 1.47 bits per heavy atom. The van der Waals surface area contributed by atoms with Crippen LogP contribution in [0.25, 0.3) is 0 Å². The highest BCUT2D eigenvalue weighted by molar-refractivity contribution is 6.84. The van der Waals surface area contributed by atoms with Crippen molar-refractivity contribution in [1.82, 2.24) is 0 Å². The summed E-state index contributed by atoms with van der Waals surface area (Å²) in [6, 6.07) is 4.16. The summed E-state index contributed by atoms with van der Waals surface area (Å²) in [7, 11) is -2.03. The van der Waals surface area contributed by atoms with Gasteiger partial charge in [-0.3, -0.25) is 0 Å². The first-order valence-corrected chi connectivity index (χ1v) is 12.5. The Bertz CT molecular complexity index is 209. The van der Waals surface area contributed by atoms with Crippen molar-refractivity contribution in [3.63, 3.8) is 0 Å². The van der Waals surface area contributed by atoms with E-state index >= 15 is 0 Å². The van der Waals surface area contributed by atoms with E-state index in [4.69, 9.17) is 0 Å². The van der Waals surface area contributed by atoms with Crippen LogP contribution in [0.1, 0.15) is 20.8 Å². The molecular formula is C13H28Si2. The van der Waals surface area contributed by atoms with Crippen LogP contribution in [-0.4, -0.2) is 16.1 Å². The molecule has 0 bridgehead atoms. The molecule has 0 spiro atoms. The first-order chi connectivity index (χ1) is 6.89. The zero-order chi connectivity index (χ0) is 11.9. The van der Waals surface area contributed by atoms with E-state index in [-0.39, 0.29) is 0 Å². The number of hydrogen-bond donors (Lipinski definition) is 0. The highest BCUT2D eigenvalue weighted by atomic mass is 28.3. The Morgan fingerprint density at radius 1 is 0.733 bits per heavy atom. The molecule has 0 aromatic rings. The lowest BCUT2D eigenvalue weighted by Gasteiger charge is -2.23. The van der Waals surface area contributed by atoms with E-state index in [1.54, 1.807) is 0 Å². The van der Waals surface area contributed by atoms with Crippen molar-refractivity contribution >= 4 is 16.1 Å². The minimum Gasteiger partial charge on any atom is -0.0950 e. The molecule has 0 fully saturated rings. The largest absolute Gasteiger partial charge is 0.0950 e. The molecule has 0 N–H and O–H groups in total. The maximum Gasteiger partial charge on any atom is 0.0770 e. The van der Waals surface area contributed by atoms with Crippen LogP contribution in [0.3, 0.4) is 0 Å². The molecule has 0 aliphatic rings. The highest BCUT2D eigenvalue weighted by Crippen LogP contribution is 2.21. The molecule has 0 saturated carbocycles. The van der Waals surface area contributed by atoms with Crippen LogP contribution in [-0.2, 0) is 0 Å². The van der Waals surface area contributed by atoms with E-state index in [9.17, 15) is 0 Å². The van der Waals surface area contributed by atoms with Gasteiger partial charge in [-0.25, -0.2) is 0 Å². The third-order valence-corrected chi connectivity index (χ3v) is 9.59. The van der Waals surface area contributed by atoms with Gasteiger partial charge in [-0.1, -0.05) is 82.1 Å². The van der Waals surface area contributed by atoms with Gasteiger partial charge in [0.15, 0.2) is 0 Å². The first kappa shape index (κ1) is 14.9. The van der Waals surface area contributed by atoms with Gasteiger partial charge in [0.1, 0.15) is 0 Å². The average Bonchev–Trinajstić information content (AvgIpc) is 2.18. The van der Waals surface area contributed by atoms with Gasteiger partial charge in [0.2, 0.25) is 0 Å². The molecule has 0 nitrogen and oxygen atoms in total. The van der Waals surface area contributed by atoms with Gasteiger partial charge in [0.05, 0.1) is 16.1 Å². The maximum atomic E-state index is 2.55. The van der Waals surface area contributed by atoms with Crippen molar-refractivity contribution in [2.24, 2.45) is 0 Å². The number of hydrogen-bond acceptors (Lipinski definition) is 0. The molecule has 0 aromatic heterocycles. The lowest BCUT2D eigenvalue weighted by Crippen LogP contribution is -2.28. The first-order valence-electron chi connectivity index (χ1n) is 6.26. The van der Waals surface area contributed by atoms with Crippen LogP contribution >= 0.6 is 0 Å². The average molecular weight is 241 g/mol. The Hall–Kier alpha value is -0.0862. The molecule has 0 aromatic carbocycles. The fourth-order valence-corrected chi connectivity index (χ4v) is 5.12. The lowest BCUT2D eigenvalue weighted by atomic mass is 10.6. The van der Waals surface area contributed by atoms with E-state index in [2.05, 4.69) is 64.0 Å². The summed E-state index contributed by atoms with van der Waals surface area (Å²) in [4.78, 5) is 0. The van der Waals surface area contributed by atoms with Crippen LogP contribution < -0.4 is 0 Å². The summed E-state index contributed by atoms with van der Waals surface area (Å²) in [5, 5.41) is 0. The van der Waals surface area contributed by atoms with Gasteiger partial charge < -0.3 is 0 Å². The molecule has 2 heteroatoms. The summed E-state index contributed by atoms with van der Waals surface area (Å²) in [6.07, 6.45) is 4.61. The van der Waals surface area contributed by atoms with Gasteiger partial charge in [0, 0.05) is 0 Å². The minimum absolute atomic E-state index is 1.00. The minimum atomic E-state index is -1.03. The van der Waals surface area contributed by atoms with Crippen molar-refractivity contribution in [3.8, 4) is 0 Å². The van der Waals surface area contributed by atoms with Crippen molar-refractivity contribution in [2.75, 3.05) is 0 Å². The van der Waals surface area contributed by atoms with Gasteiger partial charge in [-0.05, 0) is 0 Å². The SMILES string of the molecule is CC[Si](/C=C/C=C/[Si](C)(C)C)(CC)CC. The van der Waals surface area contributed by atoms with Crippen LogP contribution in [0.5, 0.6) is 0 Å². The van der Waals surface area contributed by atoms with Gasteiger partial charge in [-0.15, -0.1) is 0 Å². The molecule has 0 aliphatic carbocycles. The van der Waals surface area contributed by atoms with Crippen LogP contribution in [0.15, 0.2) is 23.6 Å². The number of allylic oxidation sites excluding steroid dienone is 2. The third-order valence-electron chi connectivity index (χ3n) is 3.27. The topological polar surface area (TPSA) is 0 Å². The predicted octanol–water partition coefficient (Wildman–Crippen LogP) is 5.02. The monoisotopic (exact) mass is 240 g/mol. The van der Waals surface area contributed by atoms with Gasteiger partial charge in [-0.2, -0.15) is 0 Å². The Balaban J connectivity index is 4.43. The fourth-order valence-electron chi connectivity index (χ4n) is 1.71. The summed E-state index contributed by atoms with van der Waals surface area (Å²) in [6.45, 7) is 14.2. The van der Waals surface area contributed by atoms with Crippen molar-refractivity contribution in [3.05, 3.63) is 23.6 Å². The van der Waals surface area contributed by atoms with E-state index < -0.39 is 16.1 Å². The molecule has 0 saturated heterocycles. The van der Waals surface area contributed by atoms with Crippen molar-refractivity contribution in [2.45, 2.75) is 58.5 Å². The zero-order valence-corrected chi connectivity index (χ0v) is 13.4. The second-order valence-electron chi connectivity index (χ2n) is 5.51. The van der Waals surface area contributed by atoms with Crippen molar-refractivity contribution in [1.29, 1.82) is 0 Å². The molecule has 0 unspecified atom stereocenters. The van der Waals surface area contributed by atoms with E-state index in [1.165, 1.54) is 18.1 Å². The standard InChI is InChI=1S/C13H28Si2/c1-7-15(8-2,9-3)13-11-10-12-14(4,5)6/h10-13H,7-9H2,1-6H3/b12-10+,13-11+. The molecule has 0 amide bonds. The van der Waals surface area contributed by atoms with Crippen LogP contribution in [0.2, 0.25) is 37.8 Å². The Morgan fingerprint density at radius 2 is 1.13 bits per heavy atom. The smallest absolute Gasteiger partial charge is 0.0770 e. The van der Waals surface area contributed by atoms with E-state index in [0.29, 0.717) is 0 Å². The second kappa shape index (κ2) is 6.49. The highest BCUT2D eigenvalue weighted by Gasteiger charge is 2.22. The molecule has 0 atom stereocenters. The van der Waals surface area contributed by atoms with Crippen LogP contribution in [0.4, 0.5) is 0 Å². The third kappa shape index (κ3) is 6.15. The van der Waals surface area contributed by atoms with E-state index in [0.717, 1.165) is 0 Å². The second-order valence-corrected chi connectivity index (χ2v) is 15.8. The van der Waals surface area contributed by atoms with E-state index in [1.807, 2.05) is 0 Å². The number of rotatable bonds is 6. The van der Waals surface area contributed by atoms with Gasteiger partial charge in [0.25, 0.3) is 0 Å². The summed E-state index contributed by atoms with van der Waals surface area (Å²) in [5.41, 5.74) is 4.97. The maximum absolute atomic E-state index is 2.55. The van der Waals surface area contributed by atoms with Crippen LogP contribution in [0, 0.1) is 0 Å². The Labute approximate surface area is 98.5 Å². The molecule has 0 radical (unpaired) electrons. The molecular weight excluding hydrogens is 212 g/mol. The summed E-state index contributed by atoms with van der Waals surface area (Å²) < 4.78 is 0. The molecule has 0 aliphatic heterocycles. The molecule has 15 heavy (non-hydrogen) atoms. The zero-order valence-electron chi connectivity index (χ0n) is 11.4.